The molecule has 0 bridgehead atoms. The maximum atomic E-state index is 12.9. The van der Waals surface area contributed by atoms with Crippen LogP contribution in [0.4, 0.5) is 11.4 Å². The van der Waals surface area contributed by atoms with Crippen molar-refractivity contribution in [2.75, 3.05) is 17.2 Å². The standard InChI is InChI=1S/C20H20N2OS3/c1-14-10-11-22(17-8-4-5-9-18(17)26-14)19(23)13-25-20-21-16-7-3-2-6-15(16)12-24-20/h2-9,14H,10-13H2,1H3/t14-/m0/s1. The van der Waals surface area contributed by atoms with Crippen molar-refractivity contribution in [3.8, 4) is 0 Å². The number of carbonyl (C=O) groups excluding carboxylic acids is 1. The largest absolute Gasteiger partial charge is 0.311 e. The average Bonchev–Trinajstić information content (AvgIpc) is 2.84. The first-order valence-corrected chi connectivity index (χ1v) is 11.5. The third-order valence-corrected chi connectivity index (χ3v) is 7.89. The van der Waals surface area contributed by atoms with Gasteiger partial charge in [0.05, 0.1) is 17.1 Å². The molecule has 0 N–H and O–H groups in total. The normalized spacial score (nSPS) is 19.2. The second-order valence-electron chi connectivity index (χ2n) is 6.31. The van der Waals surface area contributed by atoms with Crippen LogP contribution in [-0.4, -0.2) is 27.8 Å². The molecule has 0 spiro atoms. The SMILES string of the molecule is C[C@H]1CCN(C(=O)CSC2=Nc3ccccc3CS2)c2ccccc2S1. The first-order chi connectivity index (χ1) is 12.7. The number of nitrogens with zero attached hydrogens (tertiary/aromatic N) is 2. The van der Waals surface area contributed by atoms with E-state index in [1.54, 1.807) is 23.5 Å². The molecule has 0 unspecified atom stereocenters. The van der Waals surface area contributed by atoms with E-state index < -0.39 is 0 Å². The zero-order chi connectivity index (χ0) is 17.9. The predicted molar refractivity (Wildman–Crippen MR) is 116 cm³/mol. The second kappa shape index (κ2) is 8.11. The van der Waals surface area contributed by atoms with E-state index in [4.69, 9.17) is 4.99 Å². The molecule has 0 aliphatic carbocycles. The highest BCUT2D eigenvalue weighted by molar-refractivity contribution is 8.38. The van der Waals surface area contributed by atoms with Gasteiger partial charge in [-0.25, -0.2) is 4.99 Å². The number of anilines is 1. The zero-order valence-electron chi connectivity index (χ0n) is 14.6. The Hall–Kier alpha value is -1.37. The minimum absolute atomic E-state index is 0.166. The van der Waals surface area contributed by atoms with Gasteiger partial charge >= 0.3 is 0 Å². The summed E-state index contributed by atoms with van der Waals surface area (Å²) in [5.41, 5.74) is 3.35. The topological polar surface area (TPSA) is 32.7 Å². The number of thioether (sulfide) groups is 3. The third kappa shape index (κ3) is 3.97. The van der Waals surface area contributed by atoms with E-state index >= 15 is 0 Å². The van der Waals surface area contributed by atoms with E-state index in [0.29, 0.717) is 11.0 Å². The van der Waals surface area contributed by atoms with E-state index in [1.807, 2.05) is 47.0 Å². The molecule has 0 fully saturated rings. The molecule has 0 saturated carbocycles. The number of rotatable bonds is 2. The van der Waals surface area contributed by atoms with Gasteiger partial charge in [-0.3, -0.25) is 4.79 Å². The van der Waals surface area contributed by atoms with Crippen LogP contribution in [0.2, 0.25) is 0 Å². The van der Waals surface area contributed by atoms with Gasteiger partial charge in [-0.2, -0.15) is 0 Å². The van der Waals surface area contributed by atoms with Crippen LogP contribution < -0.4 is 4.90 Å². The molecule has 1 atom stereocenters. The van der Waals surface area contributed by atoms with Gasteiger partial charge in [-0.1, -0.05) is 60.8 Å². The van der Waals surface area contributed by atoms with E-state index in [-0.39, 0.29) is 5.91 Å². The van der Waals surface area contributed by atoms with Crippen LogP contribution in [0.3, 0.4) is 0 Å². The number of para-hydroxylation sites is 2. The molecule has 0 aromatic heterocycles. The van der Waals surface area contributed by atoms with E-state index in [0.717, 1.165) is 34.5 Å². The fourth-order valence-corrected chi connectivity index (χ4v) is 6.08. The second-order valence-corrected chi connectivity index (χ2v) is 9.98. The number of carbonyl (C=O) groups is 1. The van der Waals surface area contributed by atoms with Crippen LogP contribution in [0.5, 0.6) is 0 Å². The van der Waals surface area contributed by atoms with Gasteiger partial charge in [0.1, 0.15) is 4.38 Å². The van der Waals surface area contributed by atoms with Crippen molar-refractivity contribution in [2.45, 2.75) is 29.2 Å². The summed E-state index contributed by atoms with van der Waals surface area (Å²) < 4.78 is 0.989. The van der Waals surface area contributed by atoms with Crippen molar-refractivity contribution in [3.63, 3.8) is 0 Å². The summed E-state index contributed by atoms with van der Waals surface area (Å²) in [5, 5.41) is 0.524. The minimum atomic E-state index is 0.166. The smallest absolute Gasteiger partial charge is 0.237 e. The molecular formula is C20H20N2OS3. The lowest BCUT2D eigenvalue weighted by Crippen LogP contribution is -2.33. The molecule has 2 aliphatic rings. The Bertz CT molecular complexity index is 852. The van der Waals surface area contributed by atoms with E-state index in [9.17, 15) is 4.79 Å². The van der Waals surface area contributed by atoms with Gasteiger partial charge in [0.15, 0.2) is 0 Å². The summed E-state index contributed by atoms with van der Waals surface area (Å²) in [4.78, 5) is 20.8. The number of hydrogen-bond donors (Lipinski definition) is 0. The third-order valence-electron chi connectivity index (χ3n) is 4.42. The number of fused-ring (bicyclic) bond motifs is 2. The van der Waals surface area contributed by atoms with Gasteiger partial charge in [-0.05, 0) is 30.2 Å². The first kappa shape index (κ1) is 18.0. The highest BCUT2D eigenvalue weighted by Crippen LogP contribution is 2.38. The monoisotopic (exact) mass is 400 g/mol. The Morgan fingerprint density at radius 3 is 2.96 bits per heavy atom. The van der Waals surface area contributed by atoms with Gasteiger partial charge < -0.3 is 4.90 Å². The molecule has 2 aromatic carbocycles. The lowest BCUT2D eigenvalue weighted by molar-refractivity contribution is -0.116. The molecule has 2 heterocycles. The maximum Gasteiger partial charge on any atom is 0.237 e. The summed E-state index contributed by atoms with van der Waals surface area (Å²) in [6, 6.07) is 16.5. The van der Waals surface area contributed by atoms with E-state index in [2.05, 4.69) is 25.1 Å². The Labute approximate surface area is 167 Å². The number of amides is 1. The quantitative estimate of drug-likeness (QED) is 0.659. The molecule has 26 heavy (non-hydrogen) atoms. The summed E-state index contributed by atoms with van der Waals surface area (Å²) in [6.45, 7) is 3.02. The Kier molecular flexibility index (Phi) is 5.62. The highest BCUT2D eigenvalue weighted by atomic mass is 32.2. The van der Waals surface area contributed by atoms with Crippen molar-refractivity contribution < 1.29 is 4.79 Å². The molecular weight excluding hydrogens is 380 g/mol. The Balaban J connectivity index is 1.47. The van der Waals surface area contributed by atoms with Crippen LogP contribution in [0, 0.1) is 0 Å². The number of hydrogen-bond acceptors (Lipinski definition) is 5. The molecule has 134 valence electrons. The summed E-state index contributed by atoms with van der Waals surface area (Å²) in [6.07, 6.45) is 1.01. The first-order valence-electron chi connectivity index (χ1n) is 8.69. The average molecular weight is 401 g/mol. The molecule has 0 saturated heterocycles. The fourth-order valence-electron chi connectivity index (χ4n) is 3.03. The van der Waals surface area contributed by atoms with Gasteiger partial charge in [0, 0.05) is 22.4 Å². The Morgan fingerprint density at radius 2 is 2.04 bits per heavy atom. The van der Waals surface area contributed by atoms with E-state index in [1.165, 1.54) is 10.5 Å². The molecule has 2 aromatic rings. The van der Waals surface area contributed by atoms with Crippen molar-refractivity contribution in [2.24, 2.45) is 4.99 Å². The zero-order valence-corrected chi connectivity index (χ0v) is 17.0. The number of aliphatic imine (C=N–C) groups is 1. The molecule has 6 heteroatoms. The summed E-state index contributed by atoms with van der Waals surface area (Å²) >= 11 is 5.15. The van der Waals surface area contributed by atoms with Gasteiger partial charge in [0.2, 0.25) is 5.91 Å². The van der Waals surface area contributed by atoms with Crippen LogP contribution in [0.15, 0.2) is 58.4 Å². The predicted octanol–water partition coefficient (Wildman–Crippen LogP) is 5.57. The lowest BCUT2D eigenvalue weighted by Gasteiger charge is -2.22. The van der Waals surface area contributed by atoms with Crippen molar-refractivity contribution >= 4 is 56.9 Å². The molecule has 4 rings (SSSR count). The number of benzene rings is 2. The minimum Gasteiger partial charge on any atom is -0.311 e. The summed E-state index contributed by atoms with van der Waals surface area (Å²) in [5.74, 6) is 1.53. The van der Waals surface area contributed by atoms with Crippen LogP contribution >= 0.6 is 35.3 Å². The fraction of sp³-hybridized carbons (Fsp3) is 0.300. The summed E-state index contributed by atoms with van der Waals surface area (Å²) in [7, 11) is 0. The highest BCUT2D eigenvalue weighted by Gasteiger charge is 2.24. The van der Waals surface area contributed by atoms with Crippen LogP contribution in [-0.2, 0) is 10.5 Å². The van der Waals surface area contributed by atoms with Crippen LogP contribution in [0.25, 0.3) is 0 Å². The molecule has 3 nitrogen and oxygen atoms in total. The molecule has 0 radical (unpaired) electrons. The van der Waals surface area contributed by atoms with Gasteiger partial charge in [-0.15, -0.1) is 11.8 Å². The lowest BCUT2D eigenvalue weighted by atomic mass is 10.2. The van der Waals surface area contributed by atoms with Crippen molar-refractivity contribution in [1.82, 2.24) is 0 Å². The Morgan fingerprint density at radius 1 is 1.23 bits per heavy atom. The molecule has 2 aliphatic heterocycles. The van der Waals surface area contributed by atoms with Crippen LogP contribution in [0.1, 0.15) is 18.9 Å². The van der Waals surface area contributed by atoms with Crippen molar-refractivity contribution in [3.05, 3.63) is 54.1 Å². The molecule has 1 amide bonds. The van der Waals surface area contributed by atoms with Crippen molar-refractivity contribution in [1.29, 1.82) is 0 Å². The van der Waals surface area contributed by atoms with Gasteiger partial charge in [0.25, 0.3) is 0 Å². The maximum absolute atomic E-state index is 12.9.